The zero-order chi connectivity index (χ0) is 16.2. The van der Waals surface area contributed by atoms with Gasteiger partial charge in [0.15, 0.2) is 0 Å². The molecule has 1 rings (SSSR count). The van der Waals surface area contributed by atoms with E-state index in [4.69, 9.17) is 20.2 Å². The number of hydrogen-bond donors (Lipinski definition) is 0. The Morgan fingerprint density at radius 1 is 1.43 bits per heavy atom. The lowest BCUT2D eigenvalue weighted by Crippen LogP contribution is -2.20. The fourth-order valence-corrected chi connectivity index (χ4v) is 2.26. The van der Waals surface area contributed by atoms with E-state index in [-0.39, 0.29) is 12.2 Å². The van der Waals surface area contributed by atoms with Crippen LogP contribution >= 0.6 is 10.7 Å². The number of carbonyl (C=O) groups excluding carboxylic acids is 1. The number of nitro groups is 1. The van der Waals surface area contributed by atoms with Crippen molar-refractivity contribution in [3.8, 4) is 0 Å². The zero-order valence-electron chi connectivity index (χ0n) is 11.1. The summed E-state index contributed by atoms with van der Waals surface area (Å²) in [6.45, 7) is 1.68. The Bertz CT molecular complexity index is 659. The van der Waals surface area contributed by atoms with Crippen LogP contribution in [0, 0.1) is 10.1 Å². The minimum Gasteiger partial charge on any atom is -0.457 e. The summed E-state index contributed by atoms with van der Waals surface area (Å²) < 4.78 is 32.3. The van der Waals surface area contributed by atoms with E-state index < -0.39 is 36.6 Å². The molecule has 1 aromatic rings. The molecule has 0 N–H and O–H groups in total. The molecule has 0 fully saturated rings. The summed E-state index contributed by atoms with van der Waals surface area (Å²) >= 11 is 0. The van der Waals surface area contributed by atoms with Crippen LogP contribution in [-0.2, 0) is 18.5 Å². The minimum atomic E-state index is -4.22. The summed E-state index contributed by atoms with van der Waals surface area (Å²) in [6.07, 6.45) is -0.599. The summed E-state index contributed by atoms with van der Waals surface area (Å²) in [5, 5.41) is 10.8. The summed E-state index contributed by atoms with van der Waals surface area (Å²) in [5.41, 5.74) is -0.866. The first-order valence-electron chi connectivity index (χ1n) is 5.59. The Labute approximate surface area is 125 Å². The maximum absolute atomic E-state index is 11.8. The third kappa shape index (κ3) is 4.96. The molecule has 116 valence electrons. The van der Waals surface area contributed by atoms with Gasteiger partial charge in [-0.15, -0.1) is 0 Å². The highest BCUT2D eigenvalue weighted by molar-refractivity contribution is 8.13. The Balaban J connectivity index is 3.20. The van der Waals surface area contributed by atoms with E-state index in [0.29, 0.717) is 0 Å². The number of carbonyl (C=O) groups is 1. The van der Waals surface area contributed by atoms with Gasteiger partial charge in [-0.1, -0.05) is 0 Å². The third-order valence-electron chi connectivity index (χ3n) is 2.33. The summed E-state index contributed by atoms with van der Waals surface area (Å²) in [7, 11) is 2.34. The van der Waals surface area contributed by atoms with Gasteiger partial charge in [0.05, 0.1) is 22.0 Å². The summed E-state index contributed by atoms with van der Waals surface area (Å²) in [5.74, 6) is -0.912. The lowest BCUT2D eigenvalue weighted by molar-refractivity contribution is -0.385. The molecule has 0 aliphatic rings. The summed E-state index contributed by atoms with van der Waals surface area (Å²) in [4.78, 5) is 21.2. The number of non-ortho nitro benzene ring substituents is 1. The first-order valence-corrected chi connectivity index (χ1v) is 7.90. The molecule has 0 aromatic heterocycles. The molecule has 1 unspecified atom stereocenters. The number of esters is 1. The molecule has 21 heavy (non-hydrogen) atoms. The SMILES string of the molecule is COCC(C)OC(=O)c1cc([N+](=O)[O-])cc(S(=O)(=O)Cl)c1. The van der Waals surface area contributed by atoms with Gasteiger partial charge in [0.1, 0.15) is 6.10 Å². The van der Waals surface area contributed by atoms with Crippen LogP contribution in [0.25, 0.3) is 0 Å². The molecule has 0 aliphatic carbocycles. The first kappa shape index (κ1) is 17.3. The summed E-state index contributed by atoms with van der Waals surface area (Å²) in [6, 6.07) is 2.59. The van der Waals surface area contributed by atoms with Gasteiger partial charge < -0.3 is 9.47 Å². The molecule has 0 bridgehead atoms. The molecule has 1 aromatic carbocycles. The number of nitro benzene ring substituents is 1. The molecular weight excluding hydrogens is 326 g/mol. The van der Waals surface area contributed by atoms with Crippen molar-refractivity contribution in [3.05, 3.63) is 33.9 Å². The highest BCUT2D eigenvalue weighted by atomic mass is 35.7. The average Bonchev–Trinajstić information content (AvgIpc) is 2.37. The molecule has 0 radical (unpaired) electrons. The molecule has 0 heterocycles. The predicted molar refractivity (Wildman–Crippen MR) is 72.9 cm³/mol. The minimum absolute atomic E-state index is 0.126. The van der Waals surface area contributed by atoms with Gasteiger partial charge in [-0.2, -0.15) is 0 Å². The van der Waals surface area contributed by atoms with Crippen molar-refractivity contribution in [2.45, 2.75) is 17.9 Å². The van der Waals surface area contributed by atoms with Crippen LogP contribution in [0.4, 0.5) is 5.69 Å². The van der Waals surface area contributed by atoms with Gasteiger partial charge in [-0.25, -0.2) is 13.2 Å². The lowest BCUT2D eigenvalue weighted by Gasteiger charge is -2.12. The van der Waals surface area contributed by atoms with E-state index in [0.717, 1.165) is 18.2 Å². The number of halogens is 1. The third-order valence-corrected chi connectivity index (χ3v) is 3.66. The largest absolute Gasteiger partial charge is 0.457 e. The normalized spacial score (nSPS) is 12.7. The van der Waals surface area contributed by atoms with E-state index >= 15 is 0 Å². The van der Waals surface area contributed by atoms with Crippen molar-refractivity contribution >= 4 is 31.4 Å². The van der Waals surface area contributed by atoms with Crippen molar-refractivity contribution in [1.82, 2.24) is 0 Å². The maximum Gasteiger partial charge on any atom is 0.338 e. The quantitative estimate of drug-likeness (QED) is 0.336. The van der Waals surface area contributed by atoms with Gasteiger partial charge in [-0.3, -0.25) is 10.1 Å². The van der Waals surface area contributed by atoms with Gasteiger partial charge in [0.2, 0.25) is 0 Å². The number of nitrogens with zero attached hydrogens (tertiary/aromatic N) is 1. The van der Waals surface area contributed by atoms with Crippen molar-refractivity contribution < 1.29 is 27.6 Å². The molecule has 1 atom stereocenters. The molecule has 0 saturated heterocycles. The van der Waals surface area contributed by atoms with Crippen LogP contribution in [0.1, 0.15) is 17.3 Å². The maximum atomic E-state index is 11.8. The Hall–Kier alpha value is -1.71. The predicted octanol–water partition coefficient (Wildman–Crippen LogP) is 1.71. The Kier molecular flexibility index (Phi) is 5.64. The average molecular weight is 338 g/mol. The second-order valence-electron chi connectivity index (χ2n) is 4.08. The Morgan fingerprint density at radius 2 is 2.05 bits per heavy atom. The van der Waals surface area contributed by atoms with Gasteiger partial charge in [0.25, 0.3) is 14.7 Å². The van der Waals surface area contributed by atoms with E-state index in [9.17, 15) is 23.3 Å². The number of benzene rings is 1. The second kappa shape index (κ2) is 6.83. The lowest BCUT2D eigenvalue weighted by atomic mass is 10.2. The molecule has 0 spiro atoms. The Morgan fingerprint density at radius 3 is 2.52 bits per heavy atom. The van der Waals surface area contributed by atoms with Gasteiger partial charge in [-0.05, 0) is 13.0 Å². The van der Waals surface area contributed by atoms with Crippen LogP contribution in [-0.4, -0.2) is 39.1 Å². The molecule has 10 heteroatoms. The van der Waals surface area contributed by atoms with Crippen molar-refractivity contribution in [2.75, 3.05) is 13.7 Å². The van der Waals surface area contributed by atoms with Crippen molar-refractivity contribution in [1.29, 1.82) is 0 Å². The first-order chi connectivity index (χ1) is 9.65. The van der Waals surface area contributed by atoms with Crippen molar-refractivity contribution in [3.63, 3.8) is 0 Å². The van der Waals surface area contributed by atoms with Crippen molar-refractivity contribution in [2.24, 2.45) is 0 Å². The van der Waals surface area contributed by atoms with E-state index in [1.165, 1.54) is 7.11 Å². The smallest absolute Gasteiger partial charge is 0.338 e. The van der Waals surface area contributed by atoms with Gasteiger partial charge in [0, 0.05) is 29.9 Å². The second-order valence-corrected chi connectivity index (χ2v) is 6.65. The van der Waals surface area contributed by atoms with Crippen LogP contribution in [0.15, 0.2) is 23.1 Å². The highest BCUT2D eigenvalue weighted by Crippen LogP contribution is 2.24. The van der Waals surface area contributed by atoms with E-state index in [1.54, 1.807) is 6.92 Å². The molecule has 0 amide bonds. The molecular formula is C11H12ClNO7S. The number of methoxy groups -OCH3 is 1. The van der Waals surface area contributed by atoms with Crippen LogP contribution in [0.3, 0.4) is 0 Å². The number of rotatable bonds is 6. The fourth-order valence-electron chi connectivity index (χ4n) is 1.47. The molecule has 0 saturated carbocycles. The van der Waals surface area contributed by atoms with Crippen LogP contribution in [0.2, 0.25) is 0 Å². The zero-order valence-corrected chi connectivity index (χ0v) is 12.7. The van der Waals surface area contributed by atoms with Crippen LogP contribution in [0.5, 0.6) is 0 Å². The number of hydrogen-bond acceptors (Lipinski definition) is 7. The number of ether oxygens (including phenoxy) is 2. The van der Waals surface area contributed by atoms with E-state index in [2.05, 4.69) is 0 Å². The topological polar surface area (TPSA) is 113 Å². The highest BCUT2D eigenvalue weighted by Gasteiger charge is 2.22. The van der Waals surface area contributed by atoms with E-state index in [1.807, 2.05) is 0 Å². The van der Waals surface area contributed by atoms with Crippen LogP contribution < -0.4 is 0 Å². The van der Waals surface area contributed by atoms with Gasteiger partial charge >= 0.3 is 5.97 Å². The monoisotopic (exact) mass is 337 g/mol. The standard InChI is InChI=1S/C11H12ClNO7S/c1-7(6-19-2)20-11(14)8-3-9(13(15)16)5-10(4-8)21(12,17)18/h3-5,7H,6H2,1-2H3. The molecule has 0 aliphatic heterocycles. The molecule has 8 nitrogen and oxygen atoms in total. The fraction of sp³-hybridized carbons (Fsp3) is 0.364.